The highest BCUT2D eigenvalue weighted by Gasteiger charge is 2.68. The molecule has 5 atom stereocenters. The quantitative estimate of drug-likeness (QED) is 0.396. The topological polar surface area (TPSA) is 55.8 Å². The number of rotatable bonds is 2. The van der Waals surface area contributed by atoms with E-state index in [0.717, 1.165) is 40.4 Å². The van der Waals surface area contributed by atoms with Crippen LogP contribution in [-0.2, 0) is 19.2 Å². The Hall–Kier alpha value is -3.70. The van der Waals surface area contributed by atoms with Crippen LogP contribution in [0.25, 0.3) is 10.8 Å². The number of ketones is 1. The number of nitrogens with zero attached hydrogens (tertiary/aromatic N) is 1. The Morgan fingerprint density at radius 2 is 1.70 bits per heavy atom. The molecule has 5 heteroatoms. The average Bonchev–Trinajstić information content (AvgIpc) is 3.44. The first-order valence-electron chi connectivity index (χ1n) is 13.1. The van der Waals surface area contributed by atoms with Crippen molar-refractivity contribution >= 4 is 28.2 Å². The van der Waals surface area contributed by atoms with E-state index in [2.05, 4.69) is 43.3 Å². The molecule has 0 bridgehead atoms. The molecule has 0 unspecified atom stereocenters. The minimum absolute atomic E-state index is 0.00277. The second-order valence-corrected chi connectivity index (χ2v) is 11.1. The number of benzene rings is 3. The zero-order valence-electron chi connectivity index (χ0n) is 21.0. The summed E-state index contributed by atoms with van der Waals surface area (Å²) in [5.41, 5.74) is 2.29. The maximum Gasteiger partial charge on any atom is 0.342 e. The Labute approximate surface area is 216 Å². The normalized spacial score (nSPS) is 32.7. The van der Waals surface area contributed by atoms with Gasteiger partial charge in [0, 0.05) is 23.3 Å². The van der Waals surface area contributed by atoms with Crippen molar-refractivity contribution in [3.8, 4) is 0 Å². The predicted molar refractivity (Wildman–Crippen MR) is 142 cm³/mol. The molecule has 1 saturated carbocycles. The minimum Gasteiger partial charge on any atom is -0.455 e. The summed E-state index contributed by atoms with van der Waals surface area (Å²) < 4.78 is 6.18. The van der Waals surface area contributed by atoms with Crippen LogP contribution in [0.2, 0.25) is 0 Å². The predicted octanol–water partition coefficient (Wildman–Crippen LogP) is 6.26. The van der Waals surface area contributed by atoms with E-state index in [4.69, 9.17) is 9.57 Å². The Balaban J connectivity index is 1.36. The van der Waals surface area contributed by atoms with Crippen LogP contribution in [0, 0.1) is 11.3 Å². The van der Waals surface area contributed by atoms with Gasteiger partial charge in [0.15, 0.2) is 5.78 Å². The maximum atomic E-state index is 13.8. The monoisotopic (exact) mass is 491 g/mol. The number of hydrogen-bond acceptors (Lipinski definition) is 5. The van der Waals surface area contributed by atoms with Crippen molar-refractivity contribution in [3.05, 3.63) is 102 Å². The molecule has 0 aromatic heterocycles. The number of hydroxylamine groups is 1. The smallest absolute Gasteiger partial charge is 0.342 e. The van der Waals surface area contributed by atoms with Gasteiger partial charge in [0.05, 0.1) is 11.7 Å². The number of para-hydroxylation sites is 1. The second kappa shape index (κ2) is 7.90. The third kappa shape index (κ3) is 3.13. The molecule has 186 valence electrons. The maximum absolute atomic E-state index is 13.8. The van der Waals surface area contributed by atoms with Crippen molar-refractivity contribution in [3.63, 3.8) is 0 Å². The average molecular weight is 492 g/mol. The van der Waals surface area contributed by atoms with Gasteiger partial charge in [0.1, 0.15) is 6.10 Å². The summed E-state index contributed by atoms with van der Waals surface area (Å²) in [4.78, 5) is 33.3. The Morgan fingerprint density at radius 1 is 0.946 bits per heavy atom. The van der Waals surface area contributed by atoms with Crippen molar-refractivity contribution in [2.45, 2.75) is 50.9 Å². The molecule has 2 saturated heterocycles. The van der Waals surface area contributed by atoms with Gasteiger partial charge in [-0.05, 0) is 59.9 Å². The Kier molecular flexibility index (Phi) is 4.80. The SMILES string of the molecule is CC1=C2[C@H]3OC(=O)[C@]4(C[C@H](c5cccc6ccccc56)N(c5ccccc5)O4)[C@@H]3CC[C@@]2(C)C=CC1=O. The largest absolute Gasteiger partial charge is 0.455 e. The van der Waals surface area contributed by atoms with Gasteiger partial charge < -0.3 is 4.74 Å². The number of esters is 1. The van der Waals surface area contributed by atoms with Gasteiger partial charge in [-0.3, -0.25) is 9.63 Å². The van der Waals surface area contributed by atoms with E-state index < -0.39 is 11.7 Å². The van der Waals surface area contributed by atoms with Crippen LogP contribution in [0.5, 0.6) is 0 Å². The standard InChI is InChI=1S/C32H29NO4/c1-20-27(34)16-18-31(2)17-15-25-29(28(20)31)36-30(35)32(25)19-26(33(37-32)22-11-4-3-5-12-22)24-14-8-10-21-9-6-7-13-23(21)24/h3-14,16,18,25-26,29H,15,17,19H2,1-2H3/t25-,26-,29+,31+,32+/m1/s1. The third-order valence-corrected chi connectivity index (χ3v) is 9.03. The van der Waals surface area contributed by atoms with Crippen LogP contribution in [0.3, 0.4) is 0 Å². The van der Waals surface area contributed by atoms with Crippen molar-refractivity contribution in [1.82, 2.24) is 0 Å². The lowest BCUT2D eigenvalue weighted by molar-refractivity contribution is -0.157. The Bertz CT molecular complexity index is 1500. The van der Waals surface area contributed by atoms with E-state index in [9.17, 15) is 9.59 Å². The van der Waals surface area contributed by atoms with Crippen molar-refractivity contribution in [1.29, 1.82) is 0 Å². The van der Waals surface area contributed by atoms with Gasteiger partial charge in [-0.1, -0.05) is 73.7 Å². The summed E-state index contributed by atoms with van der Waals surface area (Å²) in [6, 6.07) is 24.5. The number of carbonyl (C=O) groups is 2. The summed E-state index contributed by atoms with van der Waals surface area (Å²) >= 11 is 0. The highest BCUT2D eigenvalue weighted by molar-refractivity contribution is 6.06. The van der Waals surface area contributed by atoms with E-state index in [0.29, 0.717) is 12.0 Å². The van der Waals surface area contributed by atoms with Crippen LogP contribution in [0.15, 0.2) is 96.1 Å². The zero-order chi connectivity index (χ0) is 25.4. The molecule has 0 N–H and O–H groups in total. The molecule has 3 fully saturated rings. The number of fused-ring (bicyclic) bond motifs is 5. The molecule has 2 aliphatic carbocycles. The van der Waals surface area contributed by atoms with Gasteiger partial charge in [-0.25, -0.2) is 9.86 Å². The minimum atomic E-state index is -1.11. The molecule has 3 aromatic carbocycles. The molecular formula is C32H29NO4. The molecule has 4 aliphatic rings. The molecule has 1 spiro atoms. The third-order valence-electron chi connectivity index (χ3n) is 9.03. The summed E-state index contributed by atoms with van der Waals surface area (Å²) in [7, 11) is 0. The first kappa shape index (κ1) is 22.5. The molecule has 7 rings (SSSR count). The molecule has 37 heavy (non-hydrogen) atoms. The molecule has 0 radical (unpaired) electrons. The molecule has 2 heterocycles. The molecule has 2 aliphatic heterocycles. The van der Waals surface area contributed by atoms with Gasteiger partial charge in [-0.15, -0.1) is 0 Å². The lowest BCUT2D eigenvalue weighted by Crippen LogP contribution is -2.47. The fraction of sp³-hybridized carbons (Fsp3) is 0.312. The van der Waals surface area contributed by atoms with Crippen molar-refractivity contribution in [2.75, 3.05) is 5.06 Å². The fourth-order valence-electron chi connectivity index (χ4n) is 7.16. The molecule has 0 amide bonds. The lowest BCUT2D eigenvalue weighted by atomic mass is 9.60. The summed E-state index contributed by atoms with van der Waals surface area (Å²) in [5.74, 6) is -0.488. The Morgan fingerprint density at radius 3 is 2.54 bits per heavy atom. The first-order chi connectivity index (χ1) is 17.9. The summed E-state index contributed by atoms with van der Waals surface area (Å²) in [5, 5.41) is 4.23. The van der Waals surface area contributed by atoms with Crippen LogP contribution in [0.4, 0.5) is 5.69 Å². The van der Waals surface area contributed by atoms with Crippen LogP contribution in [0.1, 0.15) is 44.7 Å². The zero-order valence-corrected chi connectivity index (χ0v) is 21.0. The van der Waals surface area contributed by atoms with Crippen LogP contribution >= 0.6 is 0 Å². The van der Waals surface area contributed by atoms with Crippen molar-refractivity contribution in [2.24, 2.45) is 11.3 Å². The van der Waals surface area contributed by atoms with E-state index in [1.54, 1.807) is 6.08 Å². The molecular weight excluding hydrogens is 462 g/mol. The fourth-order valence-corrected chi connectivity index (χ4v) is 7.16. The number of allylic oxidation sites excluding steroid dienone is 3. The van der Waals surface area contributed by atoms with E-state index in [-0.39, 0.29) is 29.1 Å². The van der Waals surface area contributed by atoms with Crippen molar-refractivity contribution < 1.29 is 19.2 Å². The highest BCUT2D eigenvalue weighted by atomic mass is 16.7. The van der Waals surface area contributed by atoms with E-state index in [1.165, 1.54) is 0 Å². The van der Waals surface area contributed by atoms with Gasteiger partial charge >= 0.3 is 5.97 Å². The van der Waals surface area contributed by atoms with Crippen LogP contribution in [-0.4, -0.2) is 23.5 Å². The highest BCUT2D eigenvalue weighted by Crippen LogP contribution is 2.60. The number of ether oxygens (including phenoxy) is 1. The number of carbonyl (C=O) groups excluding carboxylic acids is 2. The molecule has 3 aromatic rings. The second-order valence-electron chi connectivity index (χ2n) is 11.1. The molecule has 5 nitrogen and oxygen atoms in total. The van der Waals surface area contributed by atoms with E-state index >= 15 is 0 Å². The number of anilines is 1. The first-order valence-corrected chi connectivity index (χ1v) is 13.1. The lowest BCUT2D eigenvalue weighted by Gasteiger charge is -2.44. The van der Waals surface area contributed by atoms with Crippen LogP contribution < -0.4 is 5.06 Å². The van der Waals surface area contributed by atoms with E-state index in [1.807, 2.05) is 54.5 Å². The summed E-state index contributed by atoms with van der Waals surface area (Å²) in [6.45, 7) is 4.01. The van der Waals surface area contributed by atoms with Gasteiger partial charge in [0.2, 0.25) is 5.60 Å². The summed E-state index contributed by atoms with van der Waals surface area (Å²) in [6.07, 6.45) is 5.33. The van der Waals surface area contributed by atoms with Gasteiger partial charge in [-0.2, -0.15) is 0 Å². The van der Waals surface area contributed by atoms with Gasteiger partial charge in [0.25, 0.3) is 0 Å². The number of hydrogen-bond donors (Lipinski definition) is 0.